The van der Waals surface area contributed by atoms with Gasteiger partial charge in [0, 0.05) is 24.0 Å². The predicted molar refractivity (Wildman–Crippen MR) is 89.1 cm³/mol. The van der Waals surface area contributed by atoms with Crippen LogP contribution in [0.25, 0.3) is 0 Å². The Morgan fingerprint density at radius 3 is 2.22 bits per heavy atom. The van der Waals surface area contributed by atoms with E-state index in [0.717, 1.165) is 0 Å². The van der Waals surface area contributed by atoms with E-state index in [1.807, 2.05) is 0 Å². The number of nitrogens with one attached hydrogen (secondary N) is 1. The van der Waals surface area contributed by atoms with Gasteiger partial charge in [-0.25, -0.2) is 0 Å². The summed E-state index contributed by atoms with van der Waals surface area (Å²) in [5, 5.41) is 7.50. The van der Waals surface area contributed by atoms with Gasteiger partial charge in [0.25, 0.3) is 5.91 Å². The van der Waals surface area contributed by atoms with Crippen molar-refractivity contribution in [2.45, 2.75) is 0 Å². The van der Waals surface area contributed by atoms with Crippen molar-refractivity contribution in [1.82, 2.24) is 9.78 Å². The second-order valence-corrected chi connectivity index (χ2v) is 5.35. The molecule has 0 saturated heterocycles. The Morgan fingerprint density at radius 2 is 1.65 bits per heavy atom. The molecule has 23 heavy (non-hydrogen) atoms. The number of aryl methyl sites for hydroxylation is 1. The van der Waals surface area contributed by atoms with E-state index in [9.17, 15) is 4.79 Å². The third kappa shape index (κ3) is 3.90. The molecule has 0 radical (unpaired) electrons. The fraction of sp³-hybridized carbons (Fsp3) is 0.0588. The SMILES string of the molecule is Cn1ccc(C(=O)Nc2ccc(Oc3ccc(Cl)cc3)cc2)n1. The van der Waals surface area contributed by atoms with Crippen molar-refractivity contribution < 1.29 is 9.53 Å². The number of ether oxygens (including phenoxy) is 1. The lowest BCUT2D eigenvalue weighted by atomic mass is 10.3. The normalized spacial score (nSPS) is 10.3. The van der Waals surface area contributed by atoms with E-state index in [4.69, 9.17) is 16.3 Å². The minimum Gasteiger partial charge on any atom is -0.457 e. The van der Waals surface area contributed by atoms with Crippen LogP contribution in [0.15, 0.2) is 60.8 Å². The van der Waals surface area contributed by atoms with Crippen LogP contribution >= 0.6 is 11.6 Å². The average Bonchev–Trinajstić information content (AvgIpc) is 2.98. The first-order valence-electron chi connectivity index (χ1n) is 6.95. The van der Waals surface area contributed by atoms with E-state index in [-0.39, 0.29) is 5.91 Å². The molecule has 0 aliphatic heterocycles. The summed E-state index contributed by atoms with van der Waals surface area (Å²) >= 11 is 5.83. The summed E-state index contributed by atoms with van der Waals surface area (Å²) in [7, 11) is 1.76. The maximum atomic E-state index is 12.0. The zero-order valence-corrected chi connectivity index (χ0v) is 13.1. The van der Waals surface area contributed by atoms with Gasteiger partial charge in [0.05, 0.1) is 0 Å². The number of aromatic nitrogens is 2. The molecule has 0 aliphatic carbocycles. The van der Waals surface area contributed by atoms with Gasteiger partial charge in [-0.15, -0.1) is 0 Å². The zero-order chi connectivity index (χ0) is 16.2. The number of hydrogen-bond donors (Lipinski definition) is 1. The summed E-state index contributed by atoms with van der Waals surface area (Å²) in [6, 6.07) is 15.9. The second-order valence-electron chi connectivity index (χ2n) is 4.91. The van der Waals surface area contributed by atoms with E-state index < -0.39 is 0 Å². The quantitative estimate of drug-likeness (QED) is 0.784. The van der Waals surface area contributed by atoms with Gasteiger partial charge >= 0.3 is 0 Å². The van der Waals surface area contributed by atoms with Crippen molar-refractivity contribution in [3.8, 4) is 11.5 Å². The molecule has 1 aromatic heterocycles. The van der Waals surface area contributed by atoms with Crippen LogP contribution < -0.4 is 10.1 Å². The monoisotopic (exact) mass is 327 g/mol. The van der Waals surface area contributed by atoms with Crippen LogP contribution in [-0.4, -0.2) is 15.7 Å². The van der Waals surface area contributed by atoms with Crippen LogP contribution in [0.4, 0.5) is 5.69 Å². The van der Waals surface area contributed by atoms with Crippen molar-refractivity contribution in [2.24, 2.45) is 7.05 Å². The minimum absolute atomic E-state index is 0.253. The van der Waals surface area contributed by atoms with Gasteiger partial charge in [0.1, 0.15) is 11.5 Å². The number of nitrogens with zero attached hydrogens (tertiary/aromatic N) is 2. The molecule has 3 rings (SSSR count). The molecule has 1 heterocycles. The minimum atomic E-state index is -0.253. The van der Waals surface area contributed by atoms with Gasteiger partial charge in [-0.05, 0) is 54.6 Å². The molecular weight excluding hydrogens is 314 g/mol. The van der Waals surface area contributed by atoms with Gasteiger partial charge in [0.2, 0.25) is 0 Å². The number of carbonyl (C=O) groups excluding carboxylic acids is 1. The van der Waals surface area contributed by atoms with Crippen molar-refractivity contribution in [3.63, 3.8) is 0 Å². The summed E-state index contributed by atoms with van der Waals surface area (Å²) in [6.45, 7) is 0. The summed E-state index contributed by atoms with van der Waals surface area (Å²) in [5.74, 6) is 1.11. The Hall–Kier alpha value is -2.79. The highest BCUT2D eigenvalue weighted by molar-refractivity contribution is 6.30. The molecule has 0 saturated carbocycles. The van der Waals surface area contributed by atoms with E-state index in [1.165, 1.54) is 0 Å². The first kappa shape index (κ1) is 15.1. The lowest BCUT2D eigenvalue weighted by molar-refractivity contribution is 0.102. The van der Waals surface area contributed by atoms with Crippen molar-refractivity contribution in [1.29, 1.82) is 0 Å². The third-order valence-corrected chi connectivity index (χ3v) is 3.36. The van der Waals surface area contributed by atoms with Crippen LogP contribution in [0.1, 0.15) is 10.5 Å². The molecule has 0 fully saturated rings. The van der Waals surface area contributed by atoms with Crippen molar-refractivity contribution in [2.75, 3.05) is 5.32 Å². The number of carbonyl (C=O) groups is 1. The van der Waals surface area contributed by atoms with Crippen LogP contribution in [0.5, 0.6) is 11.5 Å². The fourth-order valence-electron chi connectivity index (χ4n) is 1.98. The Balaban J connectivity index is 1.65. The number of hydrogen-bond acceptors (Lipinski definition) is 3. The Bertz CT molecular complexity index is 811. The summed E-state index contributed by atoms with van der Waals surface area (Å²) in [4.78, 5) is 12.0. The second kappa shape index (κ2) is 6.54. The molecule has 3 aromatic rings. The van der Waals surface area contributed by atoms with Crippen LogP contribution in [-0.2, 0) is 7.05 Å². The van der Waals surface area contributed by atoms with Gasteiger partial charge in [0.15, 0.2) is 5.69 Å². The molecule has 2 aromatic carbocycles. The van der Waals surface area contributed by atoms with Gasteiger partial charge in [-0.3, -0.25) is 9.48 Å². The largest absolute Gasteiger partial charge is 0.457 e. The van der Waals surface area contributed by atoms with E-state index >= 15 is 0 Å². The van der Waals surface area contributed by atoms with Gasteiger partial charge in [-0.2, -0.15) is 5.10 Å². The lowest BCUT2D eigenvalue weighted by Crippen LogP contribution is -2.12. The first-order chi connectivity index (χ1) is 11.1. The van der Waals surface area contributed by atoms with E-state index in [2.05, 4.69) is 10.4 Å². The molecular formula is C17H14ClN3O2. The number of rotatable bonds is 4. The standard InChI is InChI=1S/C17H14ClN3O2/c1-21-11-10-16(20-21)17(22)19-13-4-8-15(9-5-13)23-14-6-2-12(18)3-7-14/h2-11H,1H3,(H,19,22). The van der Waals surface area contributed by atoms with Crippen LogP contribution in [0, 0.1) is 0 Å². The molecule has 1 amide bonds. The number of amides is 1. The molecule has 6 heteroatoms. The first-order valence-corrected chi connectivity index (χ1v) is 7.32. The maximum absolute atomic E-state index is 12.0. The summed E-state index contributed by atoms with van der Waals surface area (Å²) in [5.41, 5.74) is 1.04. The maximum Gasteiger partial charge on any atom is 0.276 e. The molecule has 0 bridgehead atoms. The number of halogens is 1. The molecule has 0 unspecified atom stereocenters. The average molecular weight is 328 g/mol. The third-order valence-electron chi connectivity index (χ3n) is 3.11. The van der Waals surface area contributed by atoms with Crippen molar-refractivity contribution >= 4 is 23.2 Å². The highest BCUT2D eigenvalue weighted by Crippen LogP contribution is 2.24. The van der Waals surface area contributed by atoms with Crippen molar-refractivity contribution in [3.05, 3.63) is 71.5 Å². The highest BCUT2D eigenvalue weighted by Gasteiger charge is 2.09. The predicted octanol–water partition coefficient (Wildman–Crippen LogP) is 4.12. The fourth-order valence-corrected chi connectivity index (χ4v) is 2.10. The van der Waals surface area contributed by atoms with Crippen LogP contribution in [0.2, 0.25) is 5.02 Å². The van der Waals surface area contributed by atoms with Gasteiger partial charge in [-0.1, -0.05) is 11.6 Å². The Labute approximate surface area is 138 Å². The summed E-state index contributed by atoms with van der Waals surface area (Å²) in [6.07, 6.45) is 1.72. The Kier molecular flexibility index (Phi) is 4.30. The highest BCUT2D eigenvalue weighted by atomic mass is 35.5. The number of anilines is 1. The molecule has 0 atom stereocenters. The molecule has 1 N–H and O–H groups in total. The topological polar surface area (TPSA) is 56.2 Å². The molecule has 0 spiro atoms. The molecule has 5 nitrogen and oxygen atoms in total. The summed E-state index contributed by atoms with van der Waals surface area (Å²) < 4.78 is 7.28. The zero-order valence-electron chi connectivity index (χ0n) is 12.4. The Morgan fingerprint density at radius 1 is 1.04 bits per heavy atom. The van der Waals surface area contributed by atoms with E-state index in [0.29, 0.717) is 27.9 Å². The molecule has 0 aliphatic rings. The lowest BCUT2D eigenvalue weighted by Gasteiger charge is -2.07. The number of benzene rings is 2. The smallest absolute Gasteiger partial charge is 0.276 e. The van der Waals surface area contributed by atoms with Crippen LogP contribution in [0.3, 0.4) is 0 Å². The van der Waals surface area contributed by atoms with Gasteiger partial charge < -0.3 is 10.1 Å². The van der Waals surface area contributed by atoms with E-state index in [1.54, 1.807) is 72.5 Å². The molecule has 116 valence electrons.